The summed E-state index contributed by atoms with van der Waals surface area (Å²) in [7, 11) is 0. The van der Waals surface area contributed by atoms with Crippen molar-refractivity contribution < 1.29 is 19.3 Å². The molecule has 3 aliphatic heterocycles. The highest BCUT2D eigenvalue weighted by molar-refractivity contribution is 6.20. The van der Waals surface area contributed by atoms with Gasteiger partial charge in [0.05, 0.1) is 11.0 Å². The van der Waals surface area contributed by atoms with Gasteiger partial charge in [-0.3, -0.25) is 29.9 Å². The summed E-state index contributed by atoms with van der Waals surface area (Å²) in [6.45, 7) is 4.33. The van der Waals surface area contributed by atoms with Crippen molar-refractivity contribution in [2.75, 3.05) is 11.4 Å². The average molecular weight is 414 g/mol. The van der Waals surface area contributed by atoms with Gasteiger partial charge in [-0.05, 0) is 37.8 Å². The fraction of sp³-hybridized carbons (Fsp3) is 0.571. The lowest BCUT2D eigenvalue weighted by molar-refractivity contribution is -0.384. The predicted molar refractivity (Wildman–Crippen MR) is 109 cm³/mol. The average Bonchev–Trinajstić information content (AvgIpc) is 2.98. The molecule has 0 bridgehead atoms. The first-order chi connectivity index (χ1) is 14.3. The molecule has 160 valence electrons. The summed E-state index contributed by atoms with van der Waals surface area (Å²) in [6.07, 6.45) is 4.04. The Morgan fingerprint density at radius 2 is 2.03 bits per heavy atom. The van der Waals surface area contributed by atoms with Crippen LogP contribution in [0.15, 0.2) is 18.2 Å². The van der Waals surface area contributed by atoms with Gasteiger partial charge in [-0.2, -0.15) is 0 Å². The molecule has 2 fully saturated rings. The Labute approximate surface area is 174 Å². The number of rotatable bonds is 3. The minimum Gasteiger partial charge on any atom is -0.367 e. The van der Waals surface area contributed by atoms with E-state index in [1.807, 2.05) is 6.92 Å². The van der Waals surface area contributed by atoms with Gasteiger partial charge in [0.2, 0.25) is 11.8 Å². The van der Waals surface area contributed by atoms with E-state index in [9.17, 15) is 24.5 Å². The second-order valence-corrected chi connectivity index (χ2v) is 8.47. The van der Waals surface area contributed by atoms with E-state index in [0.717, 1.165) is 24.9 Å². The van der Waals surface area contributed by atoms with Crippen molar-refractivity contribution in [1.82, 2.24) is 10.2 Å². The smallest absolute Gasteiger partial charge is 0.331 e. The van der Waals surface area contributed by atoms with E-state index in [-0.39, 0.29) is 24.2 Å². The zero-order valence-electron chi connectivity index (χ0n) is 17.2. The van der Waals surface area contributed by atoms with Gasteiger partial charge in [0.25, 0.3) is 5.69 Å². The highest BCUT2D eigenvalue weighted by Gasteiger charge is 2.62. The first kappa shape index (κ1) is 20.3. The van der Waals surface area contributed by atoms with E-state index < -0.39 is 28.2 Å². The molecular formula is C21H26N4O5. The Morgan fingerprint density at radius 3 is 2.73 bits per heavy atom. The van der Waals surface area contributed by atoms with E-state index in [4.69, 9.17) is 0 Å². The van der Waals surface area contributed by atoms with Crippen molar-refractivity contribution >= 4 is 29.2 Å². The van der Waals surface area contributed by atoms with Crippen molar-refractivity contribution in [1.29, 1.82) is 0 Å². The number of hydrogen-bond donors (Lipinski definition) is 1. The number of urea groups is 1. The Kier molecular flexibility index (Phi) is 4.99. The highest BCUT2D eigenvalue weighted by atomic mass is 16.6. The van der Waals surface area contributed by atoms with Crippen molar-refractivity contribution in [3.8, 4) is 0 Å². The summed E-state index contributed by atoms with van der Waals surface area (Å²) in [4.78, 5) is 53.7. The maximum atomic E-state index is 13.8. The molecule has 4 rings (SSSR count). The predicted octanol–water partition coefficient (Wildman–Crippen LogP) is 2.76. The number of barbiturate groups is 1. The monoisotopic (exact) mass is 414 g/mol. The number of anilines is 1. The first-order valence-corrected chi connectivity index (χ1v) is 10.5. The summed E-state index contributed by atoms with van der Waals surface area (Å²) in [6, 6.07) is 3.23. The van der Waals surface area contributed by atoms with Gasteiger partial charge in [0, 0.05) is 36.8 Å². The summed E-state index contributed by atoms with van der Waals surface area (Å²) < 4.78 is 0. The molecule has 3 heterocycles. The Morgan fingerprint density at radius 1 is 1.27 bits per heavy atom. The standard InChI is InChI=1S/C21H26N4O5/c1-3-13(2)24-19(27)21(18(26)22-20(24)28)12-14-11-15(25(29)30)8-9-16(14)23-10-6-4-5-7-17(21)23/h8-9,11,13,17H,3-7,10,12H2,1-2H3,(H,22,26,28)/t13-,17-,21+/m1/s1. The zero-order valence-corrected chi connectivity index (χ0v) is 17.2. The maximum Gasteiger partial charge on any atom is 0.331 e. The molecule has 1 spiro atoms. The number of benzene rings is 1. The summed E-state index contributed by atoms with van der Waals surface area (Å²) in [5, 5.41) is 13.8. The number of amides is 4. The molecule has 3 aliphatic rings. The molecule has 1 aromatic rings. The second kappa shape index (κ2) is 7.37. The summed E-state index contributed by atoms with van der Waals surface area (Å²) in [5.41, 5.74) is -0.102. The molecule has 0 radical (unpaired) electrons. The number of nitrogens with one attached hydrogen (secondary N) is 1. The van der Waals surface area contributed by atoms with Gasteiger partial charge in [-0.15, -0.1) is 0 Å². The van der Waals surface area contributed by atoms with Crippen molar-refractivity contribution in [2.24, 2.45) is 5.41 Å². The molecule has 30 heavy (non-hydrogen) atoms. The number of carbonyl (C=O) groups excluding carboxylic acids is 3. The number of nitro groups is 1. The Hall–Kier alpha value is -2.97. The SMILES string of the molecule is CC[C@@H](C)N1C(=O)NC(=O)[C@@]2(Cc3cc([N+](=O)[O-])ccc3N3CCCCC[C@@H]32)C1=O. The number of hydrogen-bond acceptors (Lipinski definition) is 6. The van der Waals surface area contributed by atoms with E-state index in [2.05, 4.69) is 10.2 Å². The van der Waals surface area contributed by atoms with E-state index in [0.29, 0.717) is 24.9 Å². The molecule has 0 unspecified atom stereocenters. The third-order valence-electron chi connectivity index (χ3n) is 6.85. The van der Waals surface area contributed by atoms with Crippen LogP contribution in [0.5, 0.6) is 0 Å². The highest BCUT2D eigenvalue weighted by Crippen LogP contribution is 2.48. The van der Waals surface area contributed by atoms with Crippen LogP contribution in [0.1, 0.15) is 51.5 Å². The van der Waals surface area contributed by atoms with Crippen molar-refractivity contribution in [3.63, 3.8) is 0 Å². The normalized spacial score (nSPS) is 27.3. The van der Waals surface area contributed by atoms with E-state index in [1.54, 1.807) is 13.0 Å². The van der Waals surface area contributed by atoms with Crippen LogP contribution < -0.4 is 10.2 Å². The summed E-state index contributed by atoms with van der Waals surface area (Å²) >= 11 is 0. The van der Waals surface area contributed by atoms with Crippen molar-refractivity contribution in [2.45, 2.75) is 64.5 Å². The van der Waals surface area contributed by atoms with Crippen molar-refractivity contribution in [3.05, 3.63) is 33.9 Å². The lowest BCUT2D eigenvalue weighted by atomic mass is 9.67. The molecule has 3 atom stereocenters. The van der Waals surface area contributed by atoms with Gasteiger partial charge in [-0.25, -0.2) is 4.79 Å². The number of nitro benzene ring substituents is 1. The molecule has 1 N–H and O–H groups in total. The van der Waals surface area contributed by atoms with Gasteiger partial charge in [0.1, 0.15) is 0 Å². The lowest BCUT2D eigenvalue weighted by Gasteiger charge is -2.52. The number of carbonyl (C=O) groups is 3. The van der Waals surface area contributed by atoms with Crippen LogP contribution in [0.4, 0.5) is 16.2 Å². The quantitative estimate of drug-likeness (QED) is 0.462. The van der Waals surface area contributed by atoms with Gasteiger partial charge >= 0.3 is 6.03 Å². The molecule has 9 heteroatoms. The molecule has 9 nitrogen and oxygen atoms in total. The zero-order chi connectivity index (χ0) is 21.6. The third kappa shape index (κ3) is 2.86. The number of non-ortho nitro benzene ring substituents is 1. The van der Waals surface area contributed by atoms with Gasteiger partial charge < -0.3 is 4.90 Å². The summed E-state index contributed by atoms with van der Waals surface area (Å²) in [5.74, 6) is -1.08. The third-order valence-corrected chi connectivity index (χ3v) is 6.85. The van der Waals surface area contributed by atoms with Crippen LogP contribution in [0.25, 0.3) is 0 Å². The van der Waals surface area contributed by atoms with Gasteiger partial charge in [0.15, 0.2) is 5.41 Å². The number of nitrogens with zero attached hydrogens (tertiary/aromatic N) is 3. The van der Waals surface area contributed by atoms with Crippen LogP contribution in [0, 0.1) is 15.5 Å². The molecular weight excluding hydrogens is 388 g/mol. The largest absolute Gasteiger partial charge is 0.367 e. The fourth-order valence-electron chi connectivity index (χ4n) is 5.14. The molecule has 2 saturated heterocycles. The molecule has 4 amide bonds. The van der Waals surface area contributed by atoms with Crippen LogP contribution in [-0.2, 0) is 16.0 Å². The fourth-order valence-corrected chi connectivity index (χ4v) is 5.14. The number of imide groups is 2. The molecule has 1 aromatic carbocycles. The molecule has 0 aromatic heterocycles. The lowest BCUT2D eigenvalue weighted by Crippen LogP contribution is -2.73. The van der Waals surface area contributed by atoms with E-state index >= 15 is 0 Å². The molecule has 0 aliphatic carbocycles. The maximum absolute atomic E-state index is 13.8. The van der Waals surface area contributed by atoms with E-state index in [1.165, 1.54) is 17.0 Å². The van der Waals surface area contributed by atoms with Crippen LogP contribution in [0.2, 0.25) is 0 Å². The topological polar surface area (TPSA) is 113 Å². The second-order valence-electron chi connectivity index (χ2n) is 8.47. The Balaban J connectivity index is 1.89. The molecule has 0 saturated carbocycles. The van der Waals surface area contributed by atoms with Crippen LogP contribution in [-0.4, -0.2) is 46.3 Å². The van der Waals surface area contributed by atoms with Gasteiger partial charge in [-0.1, -0.05) is 19.8 Å². The minimum atomic E-state index is -1.47. The number of fused-ring (bicyclic) bond motifs is 4. The Bertz CT molecular complexity index is 932. The van der Waals surface area contributed by atoms with Crippen LogP contribution in [0.3, 0.4) is 0 Å². The van der Waals surface area contributed by atoms with Crippen LogP contribution >= 0.6 is 0 Å². The minimum absolute atomic E-state index is 0.0516. The first-order valence-electron chi connectivity index (χ1n) is 10.5.